The summed E-state index contributed by atoms with van der Waals surface area (Å²) < 4.78 is 43.9. The van der Waals surface area contributed by atoms with Crippen molar-refractivity contribution in [3.05, 3.63) is 34.9 Å². The van der Waals surface area contributed by atoms with Crippen LogP contribution in [0.1, 0.15) is 107 Å². The lowest BCUT2D eigenvalue weighted by atomic mass is 9.68. The van der Waals surface area contributed by atoms with Crippen LogP contribution < -0.4 is 0 Å². The van der Waals surface area contributed by atoms with Crippen LogP contribution in [0.3, 0.4) is 0 Å². The fourth-order valence-electron chi connectivity index (χ4n) is 6.78. The summed E-state index contributed by atoms with van der Waals surface area (Å²) in [5, 5.41) is 0. The van der Waals surface area contributed by atoms with Gasteiger partial charge in [-0.3, -0.25) is 0 Å². The Morgan fingerprint density at radius 3 is 2.06 bits per heavy atom. The zero-order valence-electron chi connectivity index (χ0n) is 20.5. The van der Waals surface area contributed by atoms with E-state index in [0.717, 1.165) is 41.2 Å². The lowest BCUT2D eigenvalue weighted by Crippen LogP contribution is -2.36. The van der Waals surface area contributed by atoms with Crippen molar-refractivity contribution in [2.24, 2.45) is 23.7 Å². The molecule has 1 unspecified atom stereocenters. The summed E-state index contributed by atoms with van der Waals surface area (Å²) in [5.41, 5.74) is 3.00. The van der Waals surface area contributed by atoms with Gasteiger partial charge in [-0.15, -0.1) is 0 Å². The van der Waals surface area contributed by atoms with Crippen LogP contribution in [-0.4, -0.2) is 12.3 Å². The third kappa shape index (κ3) is 6.99. The Labute approximate surface area is 198 Å². The predicted octanol–water partition coefficient (Wildman–Crippen LogP) is 8.82. The summed E-state index contributed by atoms with van der Waals surface area (Å²) in [6.07, 6.45) is 13.3. The van der Waals surface area contributed by atoms with Gasteiger partial charge in [-0.05, 0) is 78.9 Å². The number of rotatable bonds is 8. The Kier molecular flexibility index (Phi) is 8.81. The van der Waals surface area contributed by atoms with Crippen molar-refractivity contribution in [3.8, 4) is 0 Å². The summed E-state index contributed by atoms with van der Waals surface area (Å²) in [7, 11) is 0. The number of alkyl halides is 3. The maximum absolute atomic E-state index is 12.9. The summed E-state index contributed by atoms with van der Waals surface area (Å²) in [4.78, 5) is 0. The fourth-order valence-corrected chi connectivity index (χ4v) is 6.78. The molecular weight excluding hydrogens is 421 g/mol. The third-order valence-electron chi connectivity index (χ3n) is 8.99. The SMILES string of the molecule is CCCCCC1CCC(C2CCC(CCc3ccc4c(c3)COC(C(F)(F)F)C4)CC2)CC1. The van der Waals surface area contributed by atoms with E-state index in [1.54, 1.807) is 0 Å². The molecule has 0 N–H and O–H groups in total. The quantitative estimate of drug-likeness (QED) is 0.349. The van der Waals surface area contributed by atoms with Gasteiger partial charge in [0, 0.05) is 6.42 Å². The van der Waals surface area contributed by atoms with Crippen LogP contribution in [0.2, 0.25) is 0 Å². The molecule has 33 heavy (non-hydrogen) atoms. The van der Waals surface area contributed by atoms with E-state index in [1.807, 2.05) is 12.1 Å². The first kappa shape index (κ1) is 25.1. The minimum absolute atomic E-state index is 0.0518. The molecule has 1 aromatic carbocycles. The Bertz CT molecular complexity index is 727. The first-order chi connectivity index (χ1) is 15.9. The lowest BCUT2D eigenvalue weighted by molar-refractivity contribution is -0.226. The topological polar surface area (TPSA) is 9.23 Å². The molecule has 1 aliphatic heterocycles. The van der Waals surface area contributed by atoms with Gasteiger partial charge in [0.2, 0.25) is 0 Å². The molecule has 0 bridgehead atoms. The Hall–Kier alpha value is -1.03. The van der Waals surface area contributed by atoms with Crippen molar-refractivity contribution in [1.82, 2.24) is 0 Å². The zero-order valence-corrected chi connectivity index (χ0v) is 20.5. The highest BCUT2D eigenvalue weighted by Gasteiger charge is 2.42. The largest absolute Gasteiger partial charge is 0.414 e. The first-order valence-electron chi connectivity index (χ1n) is 13.7. The van der Waals surface area contributed by atoms with Crippen molar-refractivity contribution < 1.29 is 17.9 Å². The number of hydrogen-bond acceptors (Lipinski definition) is 1. The summed E-state index contributed by atoms with van der Waals surface area (Å²) in [6, 6.07) is 6.04. The molecule has 1 atom stereocenters. The van der Waals surface area contributed by atoms with Crippen molar-refractivity contribution >= 4 is 0 Å². The minimum atomic E-state index is -4.27. The van der Waals surface area contributed by atoms with Gasteiger partial charge in [0.05, 0.1) is 6.61 Å². The molecule has 1 aromatic rings. The Morgan fingerprint density at radius 2 is 1.45 bits per heavy atom. The van der Waals surface area contributed by atoms with E-state index in [0.29, 0.717) is 0 Å². The number of hydrogen-bond donors (Lipinski definition) is 0. The van der Waals surface area contributed by atoms with Crippen LogP contribution in [0.25, 0.3) is 0 Å². The monoisotopic (exact) mass is 464 g/mol. The molecule has 186 valence electrons. The molecule has 0 aromatic heterocycles. The van der Waals surface area contributed by atoms with Gasteiger partial charge in [-0.1, -0.05) is 76.5 Å². The van der Waals surface area contributed by atoms with E-state index < -0.39 is 12.3 Å². The van der Waals surface area contributed by atoms with Gasteiger partial charge in [0.15, 0.2) is 6.10 Å². The van der Waals surface area contributed by atoms with Gasteiger partial charge in [0.25, 0.3) is 0 Å². The second-order valence-electron chi connectivity index (χ2n) is 11.2. The molecule has 4 heteroatoms. The summed E-state index contributed by atoms with van der Waals surface area (Å²) in [6.45, 7) is 2.38. The number of ether oxygens (including phenoxy) is 1. The van der Waals surface area contributed by atoms with Crippen LogP contribution >= 0.6 is 0 Å². The highest BCUT2D eigenvalue weighted by atomic mass is 19.4. The maximum atomic E-state index is 12.9. The maximum Gasteiger partial charge on any atom is 0.414 e. The van der Waals surface area contributed by atoms with Crippen LogP contribution in [0.5, 0.6) is 0 Å². The molecule has 3 aliphatic rings. The fraction of sp³-hybridized carbons (Fsp3) is 0.793. The molecule has 0 saturated heterocycles. The first-order valence-corrected chi connectivity index (χ1v) is 13.7. The van der Waals surface area contributed by atoms with E-state index >= 15 is 0 Å². The van der Waals surface area contributed by atoms with Crippen LogP contribution in [0, 0.1) is 23.7 Å². The summed E-state index contributed by atoms with van der Waals surface area (Å²) in [5.74, 6) is 3.76. The molecule has 2 aliphatic carbocycles. The second kappa shape index (κ2) is 11.6. The van der Waals surface area contributed by atoms with Gasteiger partial charge in [0.1, 0.15) is 0 Å². The molecule has 1 heterocycles. The molecule has 2 saturated carbocycles. The van der Waals surface area contributed by atoms with Crippen molar-refractivity contribution in [3.63, 3.8) is 0 Å². The number of fused-ring (bicyclic) bond motifs is 1. The van der Waals surface area contributed by atoms with E-state index in [4.69, 9.17) is 4.74 Å². The number of unbranched alkanes of at least 4 members (excludes halogenated alkanes) is 2. The van der Waals surface area contributed by atoms with Crippen LogP contribution in [0.4, 0.5) is 13.2 Å². The minimum Gasteiger partial charge on any atom is -0.364 e. The lowest BCUT2D eigenvalue weighted by Gasteiger charge is -2.38. The Morgan fingerprint density at radius 1 is 0.818 bits per heavy atom. The predicted molar refractivity (Wildman–Crippen MR) is 128 cm³/mol. The molecule has 0 amide bonds. The van der Waals surface area contributed by atoms with Crippen molar-refractivity contribution in [2.45, 2.75) is 122 Å². The number of aryl methyl sites for hydroxylation is 1. The van der Waals surface area contributed by atoms with Gasteiger partial charge < -0.3 is 4.74 Å². The van der Waals surface area contributed by atoms with Gasteiger partial charge >= 0.3 is 6.18 Å². The van der Waals surface area contributed by atoms with E-state index in [2.05, 4.69) is 13.0 Å². The standard InChI is InChI=1S/C29H43F3O/c1-2-3-4-5-21-8-13-24(14-9-21)25-15-10-22(11-16-25)6-7-23-12-17-26-19-28(29(30,31)32)33-20-27(26)18-23/h12,17-18,21-22,24-25,28H,2-11,13-16,19-20H2,1H3. The molecule has 0 spiro atoms. The van der Waals surface area contributed by atoms with Crippen LogP contribution in [0.15, 0.2) is 18.2 Å². The highest BCUT2D eigenvalue weighted by molar-refractivity contribution is 5.33. The smallest absolute Gasteiger partial charge is 0.364 e. The van der Waals surface area contributed by atoms with E-state index in [9.17, 15) is 13.2 Å². The zero-order chi connectivity index (χ0) is 23.3. The molecule has 0 radical (unpaired) electrons. The second-order valence-corrected chi connectivity index (χ2v) is 11.2. The average Bonchev–Trinajstić information content (AvgIpc) is 2.83. The van der Waals surface area contributed by atoms with Gasteiger partial charge in [-0.25, -0.2) is 0 Å². The number of benzene rings is 1. The number of halogens is 3. The average molecular weight is 465 g/mol. The van der Waals surface area contributed by atoms with Crippen molar-refractivity contribution in [2.75, 3.05) is 0 Å². The van der Waals surface area contributed by atoms with Gasteiger partial charge in [-0.2, -0.15) is 13.2 Å². The van der Waals surface area contributed by atoms with Crippen LogP contribution in [-0.2, 0) is 24.2 Å². The molecule has 2 fully saturated rings. The Balaban J connectivity index is 1.16. The van der Waals surface area contributed by atoms with E-state index in [1.165, 1.54) is 89.0 Å². The normalized spacial score (nSPS) is 30.7. The van der Waals surface area contributed by atoms with Crippen molar-refractivity contribution in [1.29, 1.82) is 0 Å². The molecular formula is C29H43F3O. The summed E-state index contributed by atoms with van der Waals surface area (Å²) >= 11 is 0. The third-order valence-corrected chi connectivity index (χ3v) is 8.99. The highest BCUT2D eigenvalue weighted by Crippen LogP contribution is 2.43. The van der Waals surface area contributed by atoms with E-state index in [-0.39, 0.29) is 13.0 Å². The molecule has 1 nitrogen and oxygen atoms in total. The molecule has 4 rings (SSSR count).